The minimum Gasteiger partial charge on any atom is -0.324 e. The molecule has 178 valence electrons. The van der Waals surface area contributed by atoms with Crippen molar-refractivity contribution in [2.75, 3.05) is 27.4 Å². The number of carbonyl (C=O) groups excluding carboxylic acids is 3. The molecule has 3 aromatic rings. The maximum Gasteiger partial charge on any atom is 0.269 e. The number of carbonyl (C=O) groups is 3. The van der Waals surface area contributed by atoms with E-state index in [1.54, 1.807) is 4.90 Å². The molecular weight excluding hydrogens is 458 g/mol. The van der Waals surface area contributed by atoms with E-state index in [2.05, 4.69) is 5.32 Å². The van der Waals surface area contributed by atoms with E-state index in [0.29, 0.717) is 11.4 Å². The first-order valence-electron chi connectivity index (χ1n) is 11.5. The van der Waals surface area contributed by atoms with E-state index in [-0.39, 0.29) is 30.0 Å². The van der Waals surface area contributed by atoms with Crippen LogP contribution in [0.3, 0.4) is 0 Å². The average Bonchev–Trinajstić information content (AvgIpc) is 3.27. The Morgan fingerprint density at radius 2 is 1.66 bits per heavy atom. The summed E-state index contributed by atoms with van der Waals surface area (Å²) in [6, 6.07) is 19.2. The summed E-state index contributed by atoms with van der Waals surface area (Å²) < 4.78 is 0. The smallest absolute Gasteiger partial charge is 0.269 e. The van der Waals surface area contributed by atoms with Crippen molar-refractivity contribution in [2.45, 2.75) is 32.6 Å². The predicted molar refractivity (Wildman–Crippen MR) is 141 cm³/mol. The van der Waals surface area contributed by atoms with Crippen LogP contribution in [0.5, 0.6) is 0 Å². The molecule has 3 amide bonds. The third-order valence-corrected chi connectivity index (χ3v) is 7.88. The van der Waals surface area contributed by atoms with Gasteiger partial charge in [0.25, 0.3) is 5.91 Å². The van der Waals surface area contributed by atoms with E-state index in [1.807, 2.05) is 88.4 Å². The number of amides is 3. The first-order valence-corrected chi connectivity index (χ1v) is 12.5. The topological polar surface area (TPSA) is 69.7 Å². The highest BCUT2D eigenvalue weighted by atomic mass is 32.2. The second-order valence-corrected chi connectivity index (χ2v) is 10.5. The standard InChI is InChI=1S/C28H27N3O3S/c1-17-9-10-20(4)23(14-17)29-25(32)15-30-24-8-6-5-7-22(24)28(27(30)34)31(26(33)16-35-28)21-12-18(2)11-19(3)13-21/h5-14H,15-16H2,1-4H3,(H,29,32)/t28-/m0/s1. The van der Waals surface area contributed by atoms with Crippen LogP contribution in [0.1, 0.15) is 27.8 Å². The first-order chi connectivity index (χ1) is 16.7. The zero-order valence-corrected chi connectivity index (χ0v) is 21.0. The van der Waals surface area contributed by atoms with Gasteiger partial charge < -0.3 is 5.32 Å². The molecule has 0 radical (unpaired) electrons. The van der Waals surface area contributed by atoms with Crippen molar-refractivity contribution in [3.8, 4) is 0 Å². The van der Waals surface area contributed by atoms with Gasteiger partial charge in [-0.3, -0.25) is 24.2 Å². The van der Waals surface area contributed by atoms with Crippen molar-refractivity contribution >= 4 is 46.5 Å². The summed E-state index contributed by atoms with van der Waals surface area (Å²) in [6.07, 6.45) is 0. The highest BCUT2D eigenvalue weighted by molar-refractivity contribution is 8.02. The third kappa shape index (κ3) is 3.80. The van der Waals surface area contributed by atoms with Crippen LogP contribution in [0.25, 0.3) is 0 Å². The van der Waals surface area contributed by atoms with Crippen molar-refractivity contribution in [1.29, 1.82) is 0 Å². The second-order valence-electron chi connectivity index (χ2n) is 9.28. The monoisotopic (exact) mass is 485 g/mol. The van der Waals surface area contributed by atoms with Gasteiger partial charge in [0.05, 0.1) is 11.4 Å². The highest BCUT2D eigenvalue weighted by Gasteiger charge is 2.61. The molecule has 1 spiro atoms. The minimum atomic E-state index is -1.23. The van der Waals surface area contributed by atoms with Gasteiger partial charge in [0.1, 0.15) is 6.54 Å². The average molecular weight is 486 g/mol. The zero-order valence-electron chi connectivity index (χ0n) is 20.2. The number of hydrogen-bond acceptors (Lipinski definition) is 4. The van der Waals surface area contributed by atoms with E-state index in [4.69, 9.17) is 0 Å². The summed E-state index contributed by atoms with van der Waals surface area (Å²) in [5, 5.41) is 2.95. The summed E-state index contributed by atoms with van der Waals surface area (Å²) in [5.74, 6) is -0.490. The Labute approximate surface area is 209 Å². The molecule has 2 aliphatic rings. The summed E-state index contributed by atoms with van der Waals surface area (Å²) in [5.41, 5.74) is 6.84. The number of nitrogens with one attached hydrogen (secondary N) is 1. The normalized spacial score (nSPS) is 19.0. The fourth-order valence-electron chi connectivity index (χ4n) is 5.00. The van der Waals surface area contributed by atoms with Crippen LogP contribution in [-0.2, 0) is 19.3 Å². The Kier molecular flexibility index (Phi) is 5.68. The van der Waals surface area contributed by atoms with Crippen LogP contribution in [-0.4, -0.2) is 30.0 Å². The van der Waals surface area contributed by atoms with Crippen molar-refractivity contribution in [2.24, 2.45) is 0 Å². The first kappa shape index (κ1) is 23.2. The molecule has 7 heteroatoms. The Hall–Kier alpha value is -3.58. The van der Waals surface area contributed by atoms with Crippen molar-refractivity contribution < 1.29 is 14.4 Å². The van der Waals surface area contributed by atoms with E-state index < -0.39 is 4.87 Å². The molecule has 5 rings (SSSR count). The van der Waals surface area contributed by atoms with Gasteiger partial charge in [-0.05, 0) is 74.2 Å². The van der Waals surface area contributed by atoms with Gasteiger partial charge in [-0.1, -0.05) is 36.4 Å². The molecule has 0 unspecified atom stereocenters. The van der Waals surface area contributed by atoms with Crippen LogP contribution in [0.4, 0.5) is 17.1 Å². The van der Waals surface area contributed by atoms with Crippen LogP contribution in [0.2, 0.25) is 0 Å². The number of anilines is 3. The summed E-state index contributed by atoms with van der Waals surface area (Å²) in [6.45, 7) is 7.72. The number of hydrogen-bond donors (Lipinski definition) is 1. The zero-order chi connectivity index (χ0) is 24.9. The van der Waals surface area contributed by atoms with E-state index >= 15 is 0 Å². The van der Waals surface area contributed by atoms with Gasteiger partial charge in [-0.2, -0.15) is 0 Å². The SMILES string of the molecule is Cc1cc(C)cc(N2C(=O)CS[C@@]23C(=O)N(CC(=O)Nc2cc(C)ccc2C)c2ccccc23)c1. The van der Waals surface area contributed by atoms with E-state index in [0.717, 1.165) is 33.5 Å². The fraction of sp³-hybridized carbons (Fsp3) is 0.250. The van der Waals surface area contributed by atoms with Gasteiger partial charge in [-0.25, -0.2) is 0 Å². The van der Waals surface area contributed by atoms with Crippen molar-refractivity contribution in [3.63, 3.8) is 0 Å². The van der Waals surface area contributed by atoms with Crippen LogP contribution in [0, 0.1) is 27.7 Å². The Bertz CT molecular complexity index is 1370. The maximum atomic E-state index is 14.1. The van der Waals surface area contributed by atoms with Gasteiger partial charge in [-0.15, -0.1) is 11.8 Å². The number of para-hydroxylation sites is 1. The van der Waals surface area contributed by atoms with Crippen molar-refractivity contribution in [3.05, 3.63) is 88.5 Å². The second kappa shape index (κ2) is 8.57. The largest absolute Gasteiger partial charge is 0.324 e. The molecule has 0 aromatic heterocycles. The molecule has 1 saturated heterocycles. The van der Waals surface area contributed by atoms with Crippen molar-refractivity contribution in [1.82, 2.24) is 0 Å². The van der Waals surface area contributed by atoms with E-state index in [9.17, 15) is 14.4 Å². The van der Waals surface area contributed by atoms with Gasteiger partial charge in [0.2, 0.25) is 16.7 Å². The molecule has 0 bridgehead atoms. The van der Waals surface area contributed by atoms with Gasteiger partial charge in [0.15, 0.2) is 0 Å². The molecule has 35 heavy (non-hydrogen) atoms. The van der Waals surface area contributed by atoms with Gasteiger partial charge >= 0.3 is 0 Å². The Morgan fingerprint density at radius 3 is 2.40 bits per heavy atom. The lowest BCUT2D eigenvalue weighted by Gasteiger charge is -2.33. The summed E-state index contributed by atoms with van der Waals surface area (Å²) >= 11 is 1.32. The van der Waals surface area contributed by atoms with Crippen LogP contribution >= 0.6 is 11.8 Å². The number of benzene rings is 3. The number of fused-ring (bicyclic) bond motifs is 2. The molecule has 1 N–H and O–H groups in total. The summed E-state index contributed by atoms with van der Waals surface area (Å²) in [7, 11) is 0. The predicted octanol–water partition coefficient (Wildman–Crippen LogP) is 4.84. The lowest BCUT2D eigenvalue weighted by Crippen LogP contribution is -2.51. The van der Waals surface area contributed by atoms with Crippen LogP contribution in [0.15, 0.2) is 60.7 Å². The lowest BCUT2D eigenvalue weighted by molar-refractivity contribution is -0.124. The molecule has 1 fully saturated rings. The maximum absolute atomic E-state index is 14.1. The molecule has 2 heterocycles. The Morgan fingerprint density at radius 1 is 0.943 bits per heavy atom. The van der Waals surface area contributed by atoms with E-state index in [1.165, 1.54) is 16.7 Å². The quantitative estimate of drug-likeness (QED) is 0.574. The lowest BCUT2D eigenvalue weighted by atomic mass is 10.0. The van der Waals surface area contributed by atoms with Gasteiger partial charge in [0, 0.05) is 16.9 Å². The number of rotatable bonds is 4. The molecule has 0 aliphatic carbocycles. The molecule has 1 atom stereocenters. The Balaban J connectivity index is 1.53. The fourth-order valence-corrected chi connectivity index (χ4v) is 6.36. The molecule has 2 aliphatic heterocycles. The molecule has 3 aromatic carbocycles. The summed E-state index contributed by atoms with van der Waals surface area (Å²) in [4.78, 5) is 42.3. The molecule has 0 saturated carbocycles. The highest BCUT2D eigenvalue weighted by Crippen LogP contribution is 2.55. The molecule has 6 nitrogen and oxygen atoms in total. The third-order valence-electron chi connectivity index (χ3n) is 6.50. The molecular formula is C28H27N3O3S. The minimum absolute atomic E-state index is 0.121. The van der Waals surface area contributed by atoms with Crippen LogP contribution < -0.4 is 15.1 Å². The number of aryl methyl sites for hydroxylation is 4. The number of thioether (sulfide) groups is 1. The number of nitrogens with zero attached hydrogens (tertiary/aromatic N) is 2.